The highest BCUT2D eigenvalue weighted by molar-refractivity contribution is 5.45. The molecule has 0 aliphatic heterocycles. The minimum Gasteiger partial charge on any atom is -0.357 e. The molecular weight excluding hydrogens is 268 g/mol. The van der Waals surface area contributed by atoms with E-state index in [0.29, 0.717) is 6.54 Å². The molecule has 0 aromatic rings. The molecule has 0 unspecified atom stereocenters. The molecule has 0 saturated heterocycles. The molecule has 6 N–H and O–H groups in total. The molecule has 21 heavy (non-hydrogen) atoms. The van der Waals surface area contributed by atoms with E-state index in [9.17, 15) is 4.79 Å². The van der Waals surface area contributed by atoms with Crippen LogP contribution in [0.2, 0.25) is 0 Å². The molecule has 1 amide bonds. The van der Waals surface area contributed by atoms with Crippen LogP contribution in [0.25, 0.3) is 0 Å². The molecule has 0 rings (SSSR count). The van der Waals surface area contributed by atoms with Crippen molar-refractivity contribution in [2.75, 3.05) is 72.0 Å². The Labute approximate surface area is 129 Å². The second-order valence-corrected chi connectivity index (χ2v) is 4.82. The maximum absolute atomic E-state index is 10.00. The summed E-state index contributed by atoms with van der Waals surface area (Å²) >= 11 is 0. The Morgan fingerprint density at radius 1 is 0.571 bits per heavy atom. The van der Waals surface area contributed by atoms with Crippen molar-refractivity contribution in [3.8, 4) is 0 Å². The number of rotatable bonds is 18. The van der Waals surface area contributed by atoms with Crippen molar-refractivity contribution in [2.24, 2.45) is 0 Å². The fourth-order valence-electron chi connectivity index (χ4n) is 1.73. The van der Waals surface area contributed by atoms with E-state index in [2.05, 4.69) is 38.8 Å². The van der Waals surface area contributed by atoms with E-state index < -0.39 is 0 Å². The first kappa shape index (κ1) is 20.3. The Bertz CT molecular complexity index is 206. The zero-order valence-corrected chi connectivity index (χ0v) is 13.5. The molecule has 0 aliphatic rings. The number of amides is 1. The van der Waals surface area contributed by atoms with Gasteiger partial charge in [0, 0.05) is 65.4 Å². The van der Waals surface area contributed by atoms with Crippen LogP contribution in [0.15, 0.2) is 0 Å². The predicted octanol–water partition coefficient (Wildman–Crippen LogP) is -1.91. The van der Waals surface area contributed by atoms with E-state index in [4.69, 9.17) is 0 Å². The molecule has 0 aromatic carbocycles. The SMILES string of the molecule is CCCNCCNCCNCCNCCNCCNC=O. The largest absolute Gasteiger partial charge is 0.357 e. The first-order valence-electron chi connectivity index (χ1n) is 8.12. The molecule has 0 radical (unpaired) electrons. The zero-order chi connectivity index (χ0) is 15.4. The van der Waals surface area contributed by atoms with Gasteiger partial charge in [0.2, 0.25) is 6.41 Å². The van der Waals surface area contributed by atoms with Gasteiger partial charge in [-0.1, -0.05) is 6.92 Å². The van der Waals surface area contributed by atoms with Crippen LogP contribution in [0.5, 0.6) is 0 Å². The van der Waals surface area contributed by atoms with Gasteiger partial charge in [-0.15, -0.1) is 0 Å². The summed E-state index contributed by atoms with van der Waals surface area (Å²) < 4.78 is 0. The first-order chi connectivity index (χ1) is 10.4. The monoisotopic (exact) mass is 302 g/mol. The summed E-state index contributed by atoms with van der Waals surface area (Å²) in [5, 5.41) is 19.4. The second-order valence-electron chi connectivity index (χ2n) is 4.82. The summed E-state index contributed by atoms with van der Waals surface area (Å²) in [4.78, 5) is 10.00. The average molecular weight is 302 g/mol. The van der Waals surface area contributed by atoms with Crippen molar-refractivity contribution in [3.05, 3.63) is 0 Å². The number of carbonyl (C=O) groups excluding carboxylic acids is 1. The first-order valence-corrected chi connectivity index (χ1v) is 8.12. The van der Waals surface area contributed by atoms with Gasteiger partial charge in [0.1, 0.15) is 0 Å². The Kier molecular flexibility index (Phi) is 18.6. The average Bonchev–Trinajstić information content (AvgIpc) is 2.50. The molecule has 0 atom stereocenters. The molecule has 0 aromatic heterocycles. The van der Waals surface area contributed by atoms with Crippen molar-refractivity contribution in [1.29, 1.82) is 0 Å². The molecule has 0 saturated carbocycles. The van der Waals surface area contributed by atoms with Crippen LogP contribution in [0.4, 0.5) is 0 Å². The smallest absolute Gasteiger partial charge is 0.207 e. The molecule has 126 valence electrons. The highest BCUT2D eigenvalue weighted by Crippen LogP contribution is 1.68. The molecule has 0 heterocycles. The van der Waals surface area contributed by atoms with Gasteiger partial charge < -0.3 is 31.9 Å². The fraction of sp³-hybridized carbons (Fsp3) is 0.929. The van der Waals surface area contributed by atoms with E-state index >= 15 is 0 Å². The third-order valence-electron chi connectivity index (χ3n) is 2.87. The van der Waals surface area contributed by atoms with Crippen LogP contribution >= 0.6 is 0 Å². The van der Waals surface area contributed by atoms with Crippen LogP contribution in [0.1, 0.15) is 13.3 Å². The number of nitrogens with one attached hydrogen (secondary N) is 6. The lowest BCUT2D eigenvalue weighted by Gasteiger charge is -2.08. The Morgan fingerprint density at radius 3 is 1.24 bits per heavy atom. The van der Waals surface area contributed by atoms with Gasteiger partial charge in [0.15, 0.2) is 0 Å². The van der Waals surface area contributed by atoms with E-state index in [1.165, 1.54) is 6.42 Å². The van der Waals surface area contributed by atoms with Gasteiger partial charge in [-0.3, -0.25) is 4.79 Å². The highest BCUT2D eigenvalue weighted by Gasteiger charge is 1.90. The Morgan fingerprint density at radius 2 is 0.905 bits per heavy atom. The molecular formula is C14H34N6O. The minimum absolute atomic E-state index is 0.687. The van der Waals surface area contributed by atoms with Crippen LogP contribution in [0.3, 0.4) is 0 Å². The topological polar surface area (TPSA) is 89.2 Å². The van der Waals surface area contributed by atoms with Gasteiger partial charge in [-0.2, -0.15) is 0 Å². The van der Waals surface area contributed by atoms with Crippen molar-refractivity contribution < 1.29 is 4.79 Å². The predicted molar refractivity (Wildman–Crippen MR) is 88.7 cm³/mol. The van der Waals surface area contributed by atoms with Crippen molar-refractivity contribution in [3.63, 3.8) is 0 Å². The fourth-order valence-corrected chi connectivity index (χ4v) is 1.73. The van der Waals surface area contributed by atoms with Crippen molar-refractivity contribution in [2.45, 2.75) is 13.3 Å². The van der Waals surface area contributed by atoms with E-state index in [1.807, 2.05) is 0 Å². The third kappa shape index (κ3) is 19.3. The number of hydrogen-bond acceptors (Lipinski definition) is 6. The maximum atomic E-state index is 10.00. The number of carbonyl (C=O) groups is 1. The second kappa shape index (κ2) is 19.3. The number of hydrogen-bond donors (Lipinski definition) is 6. The molecule has 0 fully saturated rings. The van der Waals surface area contributed by atoms with Crippen LogP contribution in [0, 0.1) is 0 Å². The summed E-state index contributed by atoms with van der Waals surface area (Å²) in [5.74, 6) is 0. The summed E-state index contributed by atoms with van der Waals surface area (Å²) in [7, 11) is 0. The van der Waals surface area contributed by atoms with Gasteiger partial charge in [0.05, 0.1) is 0 Å². The standard InChI is InChI=1S/C14H34N6O/c1-2-3-15-4-5-16-6-7-17-8-9-18-10-11-19-12-13-20-14-21/h14-19H,2-13H2,1H3,(H,20,21). The minimum atomic E-state index is 0.687. The molecule has 0 bridgehead atoms. The molecule has 0 spiro atoms. The Hall–Kier alpha value is -0.730. The van der Waals surface area contributed by atoms with Gasteiger partial charge in [0.25, 0.3) is 0 Å². The van der Waals surface area contributed by atoms with Crippen LogP contribution in [-0.4, -0.2) is 78.4 Å². The third-order valence-corrected chi connectivity index (χ3v) is 2.87. The van der Waals surface area contributed by atoms with Crippen LogP contribution < -0.4 is 31.9 Å². The van der Waals surface area contributed by atoms with E-state index in [0.717, 1.165) is 71.9 Å². The lowest BCUT2D eigenvalue weighted by Crippen LogP contribution is -2.37. The highest BCUT2D eigenvalue weighted by atomic mass is 16.1. The lowest BCUT2D eigenvalue weighted by molar-refractivity contribution is -0.109. The van der Waals surface area contributed by atoms with Gasteiger partial charge >= 0.3 is 0 Å². The quantitative estimate of drug-likeness (QED) is 0.131. The summed E-state index contributed by atoms with van der Waals surface area (Å²) in [6, 6.07) is 0. The summed E-state index contributed by atoms with van der Waals surface area (Å²) in [5.41, 5.74) is 0. The van der Waals surface area contributed by atoms with E-state index in [-0.39, 0.29) is 0 Å². The maximum Gasteiger partial charge on any atom is 0.207 e. The normalized spacial score (nSPS) is 10.7. The molecule has 0 aliphatic carbocycles. The lowest BCUT2D eigenvalue weighted by atomic mass is 10.4. The van der Waals surface area contributed by atoms with Crippen molar-refractivity contribution in [1.82, 2.24) is 31.9 Å². The van der Waals surface area contributed by atoms with Crippen molar-refractivity contribution >= 4 is 6.41 Å². The Balaban J connectivity index is 2.91. The van der Waals surface area contributed by atoms with Gasteiger partial charge in [-0.05, 0) is 13.0 Å². The molecule has 7 heteroatoms. The molecule has 7 nitrogen and oxygen atoms in total. The summed E-state index contributed by atoms with van der Waals surface area (Å²) in [6.45, 7) is 12.7. The summed E-state index contributed by atoms with van der Waals surface area (Å²) in [6.07, 6.45) is 1.92. The van der Waals surface area contributed by atoms with E-state index in [1.54, 1.807) is 0 Å². The van der Waals surface area contributed by atoms with Crippen LogP contribution in [-0.2, 0) is 4.79 Å². The zero-order valence-electron chi connectivity index (χ0n) is 13.5. The van der Waals surface area contributed by atoms with Gasteiger partial charge in [-0.25, -0.2) is 0 Å².